The van der Waals surface area contributed by atoms with E-state index < -0.39 is 0 Å². The summed E-state index contributed by atoms with van der Waals surface area (Å²) in [4.78, 5) is 0. The molecule has 0 spiro atoms. The van der Waals surface area contributed by atoms with Crippen molar-refractivity contribution in [3.05, 3.63) is 0 Å². The summed E-state index contributed by atoms with van der Waals surface area (Å²) in [6.45, 7) is 8.75. The molecule has 0 aliphatic carbocycles. The van der Waals surface area contributed by atoms with Crippen molar-refractivity contribution in [1.82, 2.24) is 0 Å². The standard InChI is InChI=1S/C5H12.O.Zn/c1-5(2,3)4;;/h1-4H3;;. The Morgan fingerprint density at radius 3 is 1.00 bits per heavy atom. The van der Waals surface area contributed by atoms with Gasteiger partial charge in [-0.1, -0.05) is 27.7 Å². The molecule has 0 aliphatic heterocycles. The Kier molecular flexibility index (Phi) is 6.81. The molecule has 0 aromatic rings. The second-order valence-corrected chi connectivity index (χ2v) is 3.00. The third-order valence-electron chi connectivity index (χ3n) is 0. The number of rotatable bonds is 0. The average molecular weight is 154 g/mol. The normalized spacial score (nSPS) is 9.43. The molecule has 1 nitrogen and oxygen atoms in total. The summed E-state index contributed by atoms with van der Waals surface area (Å²) >= 11 is 0.125. The molecule has 0 saturated carbocycles. The van der Waals surface area contributed by atoms with Crippen LogP contribution in [0, 0.1) is 5.41 Å². The quantitative estimate of drug-likeness (QED) is 0.486. The molecule has 2 heteroatoms. The van der Waals surface area contributed by atoms with Crippen molar-refractivity contribution in [2.75, 3.05) is 0 Å². The minimum atomic E-state index is 0.125. The van der Waals surface area contributed by atoms with Crippen LogP contribution in [0.25, 0.3) is 0 Å². The Morgan fingerprint density at radius 2 is 1.00 bits per heavy atom. The van der Waals surface area contributed by atoms with Gasteiger partial charge in [0.1, 0.15) is 0 Å². The van der Waals surface area contributed by atoms with Gasteiger partial charge in [0.05, 0.1) is 0 Å². The molecule has 0 N–H and O–H groups in total. The van der Waals surface area contributed by atoms with E-state index >= 15 is 0 Å². The molecule has 0 unspecified atom stereocenters. The van der Waals surface area contributed by atoms with Crippen molar-refractivity contribution in [2.45, 2.75) is 27.7 Å². The van der Waals surface area contributed by atoms with Crippen molar-refractivity contribution in [3.8, 4) is 0 Å². The zero-order valence-corrected chi connectivity index (χ0v) is 8.58. The fourth-order valence-electron chi connectivity index (χ4n) is 0. The van der Waals surface area contributed by atoms with Crippen molar-refractivity contribution in [3.63, 3.8) is 0 Å². The monoisotopic (exact) mass is 152 g/mol. The molecular weight excluding hydrogens is 141 g/mol. The van der Waals surface area contributed by atoms with Crippen molar-refractivity contribution < 1.29 is 21.8 Å². The summed E-state index contributed by atoms with van der Waals surface area (Å²) in [6.07, 6.45) is 0. The third kappa shape index (κ3) is 701. The van der Waals surface area contributed by atoms with Crippen LogP contribution in [-0.2, 0) is 21.8 Å². The molecule has 0 aliphatic rings. The van der Waals surface area contributed by atoms with Crippen molar-refractivity contribution >= 4 is 0 Å². The van der Waals surface area contributed by atoms with Gasteiger partial charge >= 0.3 is 21.8 Å². The predicted octanol–water partition coefficient (Wildman–Crippen LogP) is 1.93. The van der Waals surface area contributed by atoms with Crippen LogP contribution < -0.4 is 0 Å². The molecule has 0 saturated heterocycles. The van der Waals surface area contributed by atoms with Gasteiger partial charge in [0.15, 0.2) is 0 Å². The van der Waals surface area contributed by atoms with Crippen molar-refractivity contribution in [2.24, 2.45) is 5.41 Å². The zero-order valence-electron chi connectivity index (χ0n) is 5.62. The molecule has 0 aromatic heterocycles. The van der Waals surface area contributed by atoms with Gasteiger partial charge < -0.3 is 0 Å². The van der Waals surface area contributed by atoms with Crippen LogP contribution in [0.5, 0.6) is 0 Å². The summed E-state index contributed by atoms with van der Waals surface area (Å²) < 4.78 is 8.38. The maximum absolute atomic E-state index is 8.38. The topological polar surface area (TPSA) is 17.1 Å². The molecule has 0 aromatic carbocycles. The van der Waals surface area contributed by atoms with Gasteiger partial charge in [0.2, 0.25) is 0 Å². The molecule has 0 radical (unpaired) electrons. The fraction of sp³-hybridized carbons (Fsp3) is 1.00. The summed E-state index contributed by atoms with van der Waals surface area (Å²) in [5.74, 6) is 0. The van der Waals surface area contributed by atoms with Crippen LogP contribution in [0.15, 0.2) is 0 Å². The summed E-state index contributed by atoms with van der Waals surface area (Å²) in [7, 11) is 0. The third-order valence-corrected chi connectivity index (χ3v) is 0. The maximum atomic E-state index is 8.38. The molecule has 7 heavy (non-hydrogen) atoms. The van der Waals surface area contributed by atoms with E-state index in [2.05, 4.69) is 27.7 Å². The first-order valence-corrected chi connectivity index (χ1v) is 3.50. The van der Waals surface area contributed by atoms with Crippen molar-refractivity contribution in [1.29, 1.82) is 0 Å². The van der Waals surface area contributed by atoms with Gasteiger partial charge in [0, 0.05) is 0 Å². The Labute approximate surface area is 55.4 Å². The van der Waals surface area contributed by atoms with E-state index in [-0.39, 0.29) is 18.3 Å². The Bertz CT molecular complexity index is 31.8. The molecule has 0 atom stereocenters. The molecular formula is C5H12OZn. The average Bonchev–Trinajstić information content (AvgIpc) is 1.36. The summed E-state index contributed by atoms with van der Waals surface area (Å²) in [6, 6.07) is 0. The minimum absolute atomic E-state index is 0.125. The summed E-state index contributed by atoms with van der Waals surface area (Å²) in [5, 5.41) is 0. The van der Waals surface area contributed by atoms with Gasteiger partial charge in [-0.05, 0) is 5.41 Å². The van der Waals surface area contributed by atoms with Crippen LogP contribution >= 0.6 is 0 Å². The SMILES string of the molecule is CC(C)(C)C.[O]=[Zn]. The molecule has 0 bridgehead atoms. The molecule has 0 heterocycles. The Morgan fingerprint density at radius 1 is 1.00 bits per heavy atom. The second kappa shape index (κ2) is 4.58. The van der Waals surface area contributed by atoms with Crippen LogP contribution in [0.4, 0.5) is 0 Å². The molecule has 0 rings (SSSR count). The van der Waals surface area contributed by atoms with Gasteiger partial charge in [-0.15, -0.1) is 0 Å². The first-order valence-electron chi connectivity index (χ1n) is 2.29. The fourth-order valence-corrected chi connectivity index (χ4v) is 0. The van der Waals surface area contributed by atoms with E-state index in [4.69, 9.17) is 3.57 Å². The molecule has 40 valence electrons. The predicted molar refractivity (Wildman–Crippen MR) is 25.8 cm³/mol. The van der Waals surface area contributed by atoms with Gasteiger partial charge in [-0.2, -0.15) is 0 Å². The Balaban J connectivity index is 0. The molecule has 0 fully saturated rings. The van der Waals surface area contributed by atoms with Crippen LogP contribution in [-0.4, -0.2) is 0 Å². The van der Waals surface area contributed by atoms with Gasteiger partial charge in [-0.25, -0.2) is 0 Å². The Hall–Kier alpha value is 0.423. The number of hydrogen-bond donors (Lipinski definition) is 0. The van der Waals surface area contributed by atoms with Crippen LogP contribution in [0.3, 0.4) is 0 Å². The van der Waals surface area contributed by atoms with Crippen LogP contribution in [0.2, 0.25) is 0 Å². The van der Waals surface area contributed by atoms with E-state index in [0.717, 1.165) is 0 Å². The van der Waals surface area contributed by atoms with E-state index in [1.54, 1.807) is 0 Å². The van der Waals surface area contributed by atoms with E-state index in [1.165, 1.54) is 0 Å². The second-order valence-electron chi connectivity index (χ2n) is 3.00. The van der Waals surface area contributed by atoms with E-state index in [9.17, 15) is 0 Å². The number of hydrogen-bond acceptors (Lipinski definition) is 1. The molecule has 0 amide bonds. The van der Waals surface area contributed by atoms with E-state index in [0.29, 0.717) is 5.41 Å². The first-order chi connectivity index (χ1) is 3.00. The van der Waals surface area contributed by atoms with E-state index in [1.807, 2.05) is 0 Å². The first kappa shape index (κ1) is 10.4. The van der Waals surface area contributed by atoms with Crippen LogP contribution in [0.1, 0.15) is 27.7 Å². The van der Waals surface area contributed by atoms with Gasteiger partial charge in [-0.3, -0.25) is 0 Å². The zero-order chi connectivity index (χ0) is 6.50. The summed E-state index contributed by atoms with van der Waals surface area (Å²) in [5.41, 5.74) is 0.500. The van der Waals surface area contributed by atoms with Gasteiger partial charge in [0.25, 0.3) is 0 Å².